The summed E-state index contributed by atoms with van der Waals surface area (Å²) in [6.07, 6.45) is 1.28. The van der Waals surface area contributed by atoms with Gasteiger partial charge in [0.25, 0.3) is 0 Å². The highest BCUT2D eigenvalue weighted by molar-refractivity contribution is 5.99. The Balaban J connectivity index is 1.87. The quantitative estimate of drug-likeness (QED) is 0.458. The van der Waals surface area contributed by atoms with Crippen molar-refractivity contribution in [1.29, 1.82) is 0 Å². The van der Waals surface area contributed by atoms with E-state index in [-0.39, 0.29) is 24.5 Å². The minimum Gasteiger partial charge on any atom is -0.455 e. The first-order valence-electron chi connectivity index (χ1n) is 9.45. The van der Waals surface area contributed by atoms with E-state index in [4.69, 9.17) is 18.9 Å². The average Bonchev–Trinajstić information content (AvgIpc) is 3.25. The molecule has 0 amide bonds. The summed E-state index contributed by atoms with van der Waals surface area (Å²) in [7, 11) is 1.65. The van der Waals surface area contributed by atoms with E-state index in [9.17, 15) is 9.59 Å². The maximum absolute atomic E-state index is 12.5. The van der Waals surface area contributed by atoms with Crippen LogP contribution in [0, 0.1) is 13.8 Å². The first kappa shape index (κ1) is 21.6. The van der Waals surface area contributed by atoms with Crippen LogP contribution >= 0.6 is 0 Å². The van der Waals surface area contributed by atoms with Gasteiger partial charge >= 0.3 is 5.97 Å². The standard InChI is InChI=1S/C20H31NO6/c1-13-9-18(15(3)21(13)14(2)10-24-5)19(22)12-27-20(23)16(4)26-11-17-7-6-8-25-17/h9,14,16-17H,6-8,10-12H2,1-5H3. The van der Waals surface area contributed by atoms with Gasteiger partial charge in [-0.3, -0.25) is 4.79 Å². The molecule has 0 N–H and O–H groups in total. The van der Waals surface area contributed by atoms with Gasteiger partial charge in [0.15, 0.2) is 12.7 Å². The molecule has 7 heteroatoms. The third kappa shape index (κ3) is 5.64. The van der Waals surface area contributed by atoms with Crippen LogP contribution in [0.1, 0.15) is 54.5 Å². The van der Waals surface area contributed by atoms with Gasteiger partial charge in [0.05, 0.1) is 25.4 Å². The van der Waals surface area contributed by atoms with Crippen molar-refractivity contribution in [2.45, 2.75) is 58.8 Å². The Bertz CT molecular complexity index is 647. The van der Waals surface area contributed by atoms with E-state index in [1.165, 1.54) is 0 Å². The molecule has 27 heavy (non-hydrogen) atoms. The Morgan fingerprint density at radius 1 is 1.33 bits per heavy atom. The zero-order valence-corrected chi connectivity index (χ0v) is 16.9. The maximum Gasteiger partial charge on any atom is 0.335 e. The zero-order chi connectivity index (χ0) is 20.0. The normalized spacial score (nSPS) is 19.1. The fourth-order valence-corrected chi connectivity index (χ4v) is 3.48. The maximum atomic E-state index is 12.5. The lowest BCUT2D eigenvalue weighted by Gasteiger charge is -2.17. The molecule has 1 aliphatic heterocycles. The van der Waals surface area contributed by atoms with Crippen molar-refractivity contribution >= 4 is 11.8 Å². The van der Waals surface area contributed by atoms with Gasteiger partial charge in [0.1, 0.15) is 0 Å². The van der Waals surface area contributed by atoms with Crippen molar-refractivity contribution in [3.63, 3.8) is 0 Å². The van der Waals surface area contributed by atoms with Crippen LogP contribution in [0.3, 0.4) is 0 Å². The number of aryl methyl sites for hydroxylation is 1. The van der Waals surface area contributed by atoms with Crippen LogP contribution in [0.25, 0.3) is 0 Å². The van der Waals surface area contributed by atoms with Gasteiger partial charge in [-0.15, -0.1) is 0 Å². The lowest BCUT2D eigenvalue weighted by atomic mass is 10.1. The summed E-state index contributed by atoms with van der Waals surface area (Å²) >= 11 is 0. The number of methoxy groups -OCH3 is 1. The third-order valence-electron chi connectivity index (χ3n) is 4.87. The first-order valence-corrected chi connectivity index (χ1v) is 9.45. The largest absolute Gasteiger partial charge is 0.455 e. The number of ether oxygens (including phenoxy) is 4. The molecule has 0 bridgehead atoms. The molecule has 0 aliphatic carbocycles. The SMILES string of the molecule is COCC(C)n1c(C)cc(C(=O)COC(=O)C(C)OCC2CCCO2)c1C. The summed E-state index contributed by atoms with van der Waals surface area (Å²) in [6, 6.07) is 1.94. The molecule has 3 unspecified atom stereocenters. The van der Waals surface area contributed by atoms with Gasteiger partial charge < -0.3 is 23.5 Å². The second-order valence-electron chi connectivity index (χ2n) is 7.10. The summed E-state index contributed by atoms with van der Waals surface area (Å²) < 4.78 is 23.4. The Morgan fingerprint density at radius 3 is 2.70 bits per heavy atom. The number of aromatic nitrogens is 1. The van der Waals surface area contributed by atoms with Crippen LogP contribution in [0.15, 0.2) is 6.07 Å². The molecule has 2 rings (SSSR count). The number of hydrogen-bond acceptors (Lipinski definition) is 6. The molecule has 7 nitrogen and oxygen atoms in total. The second kappa shape index (κ2) is 10.0. The number of carbonyl (C=O) groups is 2. The number of Topliss-reactive ketones (excluding diaryl/α,β-unsaturated/α-hetero) is 1. The van der Waals surface area contributed by atoms with Gasteiger partial charge in [-0.2, -0.15) is 0 Å². The number of hydrogen-bond donors (Lipinski definition) is 0. The Labute approximate surface area is 160 Å². The number of ketones is 1. The van der Waals surface area contributed by atoms with E-state index in [1.807, 2.05) is 26.8 Å². The van der Waals surface area contributed by atoms with E-state index in [0.717, 1.165) is 30.8 Å². The topological polar surface area (TPSA) is 76.0 Å². The molecule has 1 aliphatic rings. The monoisotopic (exact) mass is 381 g/mol. The van der Waals surface area contributed by atoms with E-state index >= 15 is 0 Å². The van der Waals surface area contributed by atoms with Gasteiger partial charge in [-0.25, -0.2) is 4.79 Å². The molecule has 0 aromatic carbocycles. The van der Waals surface area contributed by atoms with E-state index < -0.39 is 12.1 Å². The van der Waals surface area contributed by atoms with Crippen LogP contribution in [-0.2, 0) is 23.7 Å². The van der Waals surface area contributed by atoms with Gasteiger partial charge in [-0.1, -0.05) is 0 Å². The minimum atomic E-state index is -0.726. The number of esters is 1. The predicted octanol–water partition coefficient (Wildman–Crippen LogP) is 2.62. The minimum absolute atomic E-state index is 0.0429. The van der Waals surface area contributed by atoms with E-state index in [0.29, 0.717) is 18.8 Å². The van der Waals surface area contributed by atoms with Gasteiger partial charge in [0, 0.05) is 30.7 Å². The summed E-state index contributed by atoms with van der Waals surface area (Å²) in [5, 5.41) is 0. The number of rotatable bonds is 10. The molecular formula is C20H31NO6. The summed E-state index contributed by atoms with van der Waals surface area (Å²) in [6.45, 7) is 8.86. The second-order valence-corrected chi connectivity index (χ2v) is 7.10. The van der Waals surface area contributed by atoms with E-state index in [1.54, 1.807) is 14.0 Å². The lowest BCUT2D eigenvalue weighted by Crippen LogP contribution is -2.29. The average molecular weight is 381 g/mol. The summed E-state index contributed by atoms with van der Waals surface area (Å²) in [5.41, 5.74) is 2.39. The highest BCUT2D eigenvalue weighted by Gasteiger charge is 2.23. The first-order chi connectivity index (χ1) is 12.8. The number of nitrogens with zero attached hydrogens (tertiary/aromatic N) is 1. The Morgan fingerprint density at radius 2 is 2.07 bits per heavy atom. The fourth-order valence-electron chi connectivity index (χ4n) is 3.48. The fraction of sp³-hybridized carbons (Fsp3) is 0.700. The summed E-state index contributed by atoms with van der Waals surface area (Å²) in [5.74, 6) is -0.762. The third-order valence-corrected chi connectivity index (χ3v) is 4.87. The Kier molecular flexibility index (Phi) is 8.01. The molecule has 0 spiro atoms. The number of carbonyl (C=O) groups excluding carboxylic acids is 2. The van der Waals surface area contributed by atoms with Crippen LogP contribution in [-0.4, -0.2) is 62.1 Å². The smallest absolute Gasteiger partial charge is 0.335 e. The molecule has 1 aromatic heterocycles. The molecule has 3 atom stereocenters. The molecule has 152 valence electrons. The van der Waals surface area contributed by atoms with Crippen molar-refractivity contribution in [2.75, 3.05) is 33.5 Å². The molecule has 1 aromatic rings. The lowest BCUT2D eigenvalue weighted by molar-refractivity contribution is -0.156. The predicted molar refractivity (Wildman–Crippen MR) is 100 cm³/mol. The molecule has 1 saturated heterocycles. The van der Waals surface area contributed by atoms with Crippen LogP contribution in [0.5, 0.6) is 0 Å². The Hall–Kier alpha value is -1.70. The highest BCUT2D eigenvalue weighted by atomic mass is 16.6. The van der Waals surface area contributed by atoms with Gasteiger partial charge in [0.2, 0.25) is 5.78 Å². The molecule has 0 radical (unpaired) electrons. The van der Waals surface area contributed by atoms with Crippen LogP contribution in [0.4, 0.5) is 0 Å². The zero-order valence-electron chi connectivity index (χ0n) is 16.9. The van der Waals surface area contributed by atoms with Crippen molar-refractivity contribution in [1.82, 2.24) is 4.57 Å². The van der Waals surface area contributed by atoms with Crippen molar-refractivity contribution in [3.8, 4) is 0 Å². The summed E-state index contributed by atoms with van der Waals surface area (Å²) in [4.78, 5) is 24.6. The molecule has 2 heterocycles. The van der Waals surface area contributed by atoms with Gasteiger partial charge in [-0.05, 0) is 46.6 Å². The molecule has 0 saturated carbocycles. The molecule has 1 fully saturated rings. The van der Waals surface area contributed by atoms with Crippen LogP contribution < -0.4 is 0 Å². The van der Waals surface area contributed by atoms with Crippen molar-refractivity contribution < 1.29 is 28.5 Å². The van der Waals surface area contributed by atoms with Crippen molar-refractivity contribution in [3.05, 3.63) is 23.0 Å². The highest BCUT2D eigenvalue weighted by Crippen LogP contribution is 2.21. The van der Waals surface area contributed by atoms with Crippen LogP contribution in [0.2, 0.25) is 0 Å². The van der Waals surface area contributed by atoms with E-state index in [2.05, 4.69) is 4.57 Å². The molecular weight excluding hydrogens is 350 g/mol. The van der Waals surface area contributed by atoms with Crippen molar-refractivity contribution in [2.24, 2.45) is 0 Å².